The summed E-state index contributed by atoms with van der Waals surface area (Å²) >= 11 is 0. The van der Waals surface area contributed by atoms with Crippen molar-refractivity contribution in [1.82, 2.24) is 0 Å². The van der Waals surface area contributed by atoms with Gasteiger partial charge in [-0.2, -0.15) is 0 Å². The molecular weight excluding hydrogens is 230 g/mol. The van der Waals surface area contributed by atoms with Crippen molar-refractivity contribution in [3.8, 4) is 5.75 Å². The van der Waals surface area contributed by atoms with E-state index in [1.54, 1.807) is 7.11 Å². The second kappa shape index (κ2) is 7.13. The first kappa shape index (κ1) is 14.7. The van der Waals surface area contributed by atoms with Crippen LogP contribution in [0.5, 0.6) is 5.75 Å². The summed E-state index contributed by atoms with van der Waals surface area (Å²) in [5.74, 6) is 0.611. The number of nitrogens with two attached hydrogens (primary N) is 1. The minimum Gasteiger partial charge on any atom is -0.496 e. The number of carbonyl (C=O) groups excluding carboxylic acids is 1. The molecule has 0 saturated heterocycles. The van der Waals surface area contributed by atoms with Gasteiger partial charge in [-0.25, -0.2) is 0 Å². The third-order valence-corrected chi connectivity index (χ3v) is 2.99. The molecule has 0 aliphatic rings. The highest BCUT2D eigenvalue weighted by Gasteiger charge is 2.15. The summed E-state index contributed by atoms with van der Waals surface area (Å²) in [5.41, 5.74) is 7.11. The number of ether oxygens (including phenoxy) is 1. The smallest absolute Gasteiger partial charge is 0.146 e. The van der Waals surface area contributed by atoms with Crippen LogP contribution in [0, 0.1) is 0 Å². The Labute approximate surface area is 108 Å². The molecule has 4 nitrogen and oxygen atoms in total. The van der Waals surface area contributed by atoms with Crippen LogP contribution in [0.3, 0.4) is 0 Å². The van der Waals surface area contributed by atoms with Crippen LogP contribution in [-0.4, -0.2) is 24.5 Å². The fourth-order valence-corrected chi connectivity index (χ4v) is 1.82. The Kier molecular flexibility index (Phi) is 5.82. The molecule has 100 valence electrons. The number of aryl methyl sites for hydroxylation is 1. The Morgan fingerprint density at radius 3 is 2.78 bits per heavy atom. The van der Waals surface area contributed by atoms with Gasteiger partial charge >= 0.3 is 0 Å². The summed E-state index contributed by atoms with van der Waals surface area (Å²) < 4.78 is 5.23. The van der Waals surface area contributed by atoms with Gasteiger partial charge < -0.3 is 15.6 Å². The van der Waals surface area contributed by atoms with Gasteiger partial charge in [-0.3, -0.25) is 4.79 Å². The molecule has 0 fully saturated rings. The van der Waals surface area contributed by atoms with Gasteiger partial charge in [0.25, 0.3) is 0 Å². The van der Waals surface area contributed by atoms with E-state index < -0.39 is 6.10 Å². The molecule has 1 atom stereocenters. The van der Waals surface area contributed by atoms with Crippen molar-refractivity contribution in [2.45, 2.75) is 32.3 Å². The minimum absolute atomic E-state index is 0.0266. The van der Waals surface area contributed by atoms with Gasteiger partial charge in [0, 0.05) is 12.0 Å². The number of methoxy groups -OCH3 is 1. The second-order valence-electron chi connectivity index (χ2n) is 4.23. The maximum Gasteiger partial charge on any atom is 0.146 e. The number of benzene rings is 1. The van der Waals surface area contributed by atoms with Crippen molar-refractivity contribution in [3.05, 3.63) is 29.3 Å². The zero-order valence-electron chi connectivity index (χ0n) is 11.0. The molecule has 1 rings (SSSR count). The molecule has 0 amide bonds. The third-order valence-electron chi connectivity index (χ3n) is 2.99. The number of rotatable bonds is 7. The van der Waals surface area contributed by atoms with Crippen molar-refractivity contribution in [2.75, 3.05) is 13.7 Å². The lowest BCUT2D eigenvalue weighted by molar-refractivity contribution is -0.118. The zero-order valence-corrected chi connectivity index (χ0v) is 11.0. The topological polar surface area (TPSA) is 72.5 Å². The SMILES string of the molecule is CCc1ccc(OC)c(C(O)CCC(=O)CN)c1. The summed E-state index contributed by atoms with van der Waals surface area (Å²) in [6, 6.07) is 5.75. The molecule has 3 N–H and O–H groups in total. The van der Waals surface area contributed by atoms with Gasteiger partial charge in [0.15, 0.2) is 0 Å². The lowest BCUT2D eigenvalue weighted by Crippen LogP contribution is -2.14. The van der Waals surface area contributed by atoms with Crippen molar-refractivity contribution in [3.63, 3.8) is 0 Å². The first-order chi connectivity index (χ1) is 8.62. The first-order valence-corrected chi connectivity index (χ1v) is 6.19. The largest absolute Gasteiger partial charge is 0.496 e. The molecule has 0 heterocycles. The Bertz CT molecular complexity index is 404. The van der Waals surface area contributed by atoms with Crippen LogP contribution in [0.25, 0.3) is 0 Å². The number of hydrogen-bond donors (Lipinski definition) is 2. The molecule has 1 unspecified atom stereocenters. The first-order valence-electron chi connectivity index (χ1n) is 6.19. The average molecular weight is 251 g/mol. The van der Waals surface area contributed by atoms with Gasteiger partial charge in [0.05, 0.1) is 19.8 Å². The van der Waals surface area contributed by atoms with E-state index in [0.29, 0.717) is 12.2 Å². The van der Waals surface area contributed by atoms with E-state index in [4.69, 9.17) is 10.5 Å². The predicted molar refractivity (Wildman–Crippen MR) is 70.6 cm³/mol. The highest BCUT2D eigenvalue weighted by atomic mass is 16.5. The van der Waals surface area contributed by atoms with Gasteiger partial charge in [-0.05, 0) is 30.5 Å². The Morgan fingerprint density at radius 2 is 2.22 bits per heavy atom. The van der Waals surface area contributed by atoms with E-state index >= 15 is 0 Å². The molecule has 0 aromatic heterocycles. The summed E-state index contributed by atoms with van der Waals surface area (Å²) in [7, 11) is 1.57. The van der Waals surface area contributed by atoms with Gasteiger partial charge in [0.1, 0.15) is 11.5 Å². The quantitative estimate of drug-likeness (QED) is 0.772. The molecule has 0 spiro atoms. The average Bonchev–Trinajstić information content (AvgIpc) is 2.43. The molecule has 1 aromatic carbocycles. The van der Waals surface area contributed by atoms with Crippen LogP contribution in [0.15, 0.2) is 18.2 Å². The molecule has 1 aromatic rings. The van der Waals surface area contributed by atoms with Crippen LogP contribution < -0.4 is 10.5 Å². The molecule has 4 heteroatoms. The monoisotopic (exact) mass is 251 g/mol. The van der Waals surface area contributed by atoms with Crippen LogP contribution in [0.2, 0.25) is 0 Å². The zero-order chi connectivity index (χ0) is 13.5. The van der Waals surface area contributed by atoms with E-state index in [0.717, 1.165) is 17.5 Å². The van der Waals surface area contributed by atoms with Crippen LogP contribution in [0.1, 0.15) is 37.0 Å². The van der Waals surface area contributed by atoms with Crippen molar-refractivity contribution in [2.24, 2.45) is 5.73 Å². The molecule has 0 saturated carbocycles. The number of ketones is 1. The second-order valence-corrected chi connectivity index (χ2v) is 4.23. The van der Waals surface area contributed by atoms with E-state index in [-0.39, 0.29) is 18.7 Å². The molecule has 0 radical (unpaired) electrons. The number of carbonyl (C=O) groups is 1. The van der Waals surface area contributed by atoms with Crippen LogP contribution in [0.4, 0.5) is 0 Å². The summed E-state index contributed by atoms with van der Waals surface area (Å²) in [4.78, 5) is 11.2. The normalized spacial score (nSPS) is 12.2. The van der Waals surface area contributed by atoms with E-state index in [9.17, 15) is 9.90 Å². The van der Waals surface area contributed by atoms with E-state index in [1.807, 2.05) is 18.2 Å². The minimum atomic E-state index is -0.693. The van der Waals surface area contributed by atoms with Crippen molar-refractivity contribution >= 4 is 5.78 Å². The maximum atomic E-state index is 11.2. The van der Waals surface area contributed by atoms with Gasteiger partial charge in [-0.1, -0.05) is 13.0 Å². The van der Waals surface area contributed by atoms with Crippen molar-refractivity contribution < 1.29 is 14.6 Å². The Balaban J connectivity index is 2.82. The summed E-state index contributed by atoms with van der Waals surface area (Å²) in [6.07, 6.45) is 0.865. The Hall–Kier alpha value is -1.39. The Morgan fingerprint density at radius 1 is 1.50 bits per heavy atom. The highest BCUT2D eigenvalue weighted by Crippen LogP contribution is 2.29. The molecule has 0 bridgehead atoms. The van der Waals surface area contributed by atoms with Crippen molar-refractivity contribution in [1.29, 1.82) is 0 Å². The number of hydrogen-bond acceptors (Lipinski definition) is 4. The fourth-order valence-electron chi connectivity index (χ4n) is 1.82. The molecule has 18 heavy (non-hydrogen) atoms. The standard InChI is InChI=1S/C14H21NO3/c1-3-10-4-7-14(18-2)12(8-10)13(17)6-5-11(16)9-15/h4,7-8,13,17H,3,5-6,9,15H2,1-2H3. The third kappa shape index (κ3) is 3.82. The number of Topliss-reactive ketones (excluding diaryl/α,β-unsaturated/α-hetero) is 1. The van der Waals surface area contributed by atoms with Gasteiger partial charge in [0.2, 0.25) is 0 Å². The van der Waals surface area contributed by atoms with Gasteiger partial charge in [-0.15, -0.1) is 0 Å². The fraction of sp³-hybridized carbons (Fsp3) is 0.500. The number of aliphatic hydroxyl groups is 1. The molecule has 0 aliphatic heterocycles. The number of aliphatic hydroxyl groups excluding tert-OH is 1. The lowest BCUT2D eigenvalue weighted by Gasteiger charge is -2.15. The van der Waals surface area contributed by atoms with Crippen LogP contribution in [-0.2, 0) is 11.2 Å². The highest BCUT2D eigenvalue weighted by molar-refractivity contribution is 5.80. The summed E-state index contributed by atoms with van der Waals surface area (Å²) in [6.45, 7) is 2.08. The van der Waals surface area contributed by atoms with E-state index in [2.05, 4.69) is 6.92 Å². The lowest BCUT2D eigenvalue weighted by atomic mass is 9.99. The maximum absolute atomic E-state index is 11.2. The summed E-state index contributed by atoms with van der Waals surface area (Å²) in [5, 5.41) is 10.1. The molecular formula is C14H21NO3. The predicted octanol–water partition coefficient (Wildman–Crippen LogP) is 1.60. The van der Waals surface area contributed by atoms with Crippen LogP contribution >= 0.6 is 0 Å². The van der Waals surface area contributed by atoms with E-state index in [1.165, 1.54) is 0 Å². The molecule has 0 aliphatic carbocycles.